The third-order valence-corrected chi connectivity index (χ3v) is 5.82. The van der Waals surface area contributed by atoms with E-state index in [1.54, 1.807) is 19.1 Å². The molecule has 1 amide bonds. The number of rotatable bonds is 4. The zero-order valence-electron chi connectivity index (χ0n) is 15.6. The van der Waals surface area contributed by atoms with Crippen molar-refractivity contribution in [3.63, 3.8) is 0 Å². The maximum atomic E-state index is 13.7. The van der Waals surface area contributed by atoms with E-state index in [2.05, 4.69) is 15.5 Å². The summed E-state index contributed by atoms with van der Waals surface area (Å²) in [5, 5.41) is 7.37. The summed E-state index contributed by atoms with van der Waals surface area (Å²) >= 11 is 0. The van der Waals surface area contributed by atoms with Gasteiger partial charge in [-0.1, -0.05) is 17.3 Å². The Morgan fingerprint density at radius 3 is 2.74 bits per heavy atom. The number of nitrogens with zero attached hydrogens (tertiary/aromatic N) is 3. The average Bonchev–Trinajstić information content (AvgIpc) is 3.28. The molecule has 2 aliphatic rings. The molecule has 0 bridgehead atoms. The Morgan fingerprint density at radius 2 is 2.04 bits per heavy atom. The van der Waals surface area contributed by atoms with Gasteiger partial charge in [-0.15, -0.1) is 0 Å². The molecule has 27 heavy (non-hydrogen) atoms. The molecule has 2 aliphatic heterocycles. The third kappa shape index (κ3) is 4.03. The lowest BCUT2D eigenvalue weighted by atomic mass is 9.92. The fraction of sp³-hybridized carbons (Fsp3) is 0.550. The molecule has 0 aliphatic carbocycles. The lowest BCUT2D eigenvalue weighted by Gasteiger charge is -2.20. The van der Waals surface area contributed by atoms with Gasteiger partial charge in [-0.2, -0.15) is 4.98 Å². The van der Waals surface area contributed by atoms with E-state index >= 15 is 0 Å². The van der Waals surface area contributed by atoms with Crippen molar-refractivity contribution in [3.05, 3.63) is 35.5 Å². The van der Waals surface area contributed by atoms with Gasteiger partial charge in [0, 0.05) is 31.5 Å². The second-order valence-electron chi connectivity index (χ2n) is 7.61. The Balaban J connectivity index is 1.33. The minimum atomic E-state index is -0.296. The minimum Gasteiger partial charge on any atom is -0.343 e. The van der Waals surface area contributed by atoms with Crippen molar-refractivity contribution < 1.29 is 13.7 Å². The van der Waals surface area contributed by atoms with Crippen molar-refractivity contribution in [2.45, 2.75) is 32.6 Å². The standard InChI is InChI=1S/C20H25FN4O2/c1-13-2-3-14(10-17(13)21)20-23-18(27-24-20)4-5-19(26)25-8-6-15-11-22-12-16(15)7-9-25/h2-3,10,15-16,22H,4-9,11-12H2,1H3/t15-,16+. The van der Waals surface area contributed by atoms with Crippen LogP contribution in [0.25, 0.3) is 11.4 Å². The van der Waals surface area contributed by atoms with Crippen LogP contribution in [0.2, 0.25) is 0 Å². The number of aryl methyl sites for hydroxylation is 2. The number of likely N-dealkylation sites (tertiary alicyclic amines) is 1. The number of carbonyl (C=O) groups excluding carboxylic acids is 1. The predicted molar refractivity (Wildman–Crippen MR) is 98.4 cm³/mol. The fourth-order valence-electron chi connectivity index (χ4n) is 4.05. The quantitative estimate of drug-likeness (QED) is 0.893. The molecular weight excluding hydrogens is 347 g/mol. The highest BCUT2D eigenvalue weighted by atomic mass is 19.1. The summed E-state index contributed by atoms with van der Waals surface area (Å²) in [5.41, 5.74) is 1.15. The van der Waals surface area contributed by atoms with Crippen molar-refractivity contribution in [1.29, 1.82) is 0 Å². The number of fused-ring (bicyclic) bond motifs is 1. The molecule has 2 aromatic rings. The van der Waals surface area contributed by atoms with Crippen LogP contribution in [-0.2, 0) is 11.2 Å². The van der Waals surface area contributed by atoms with Gasteiger partial charge in [-0.3, -0.25) is 4.79 Å². The van der Waals surface area contributed by atoms with Gasteiger partial charge in [0.1, 0.15) is 5.82 Å². The maximum absolute atomic E-state index is 13.7. The molecule has 7 heteroatoms. The lowest BCUT2D eigenvalue weighted by Crippen LogP contribution is -2.32. The number of hydrogen-bond acceptors (Lipinski definition) is 5. The van der Waals surface area contributed by atoms with Gasteiger partial charge < -0.3 is 14.7 Å². The maximum Gasteiger partial charge on any atom is 0.227 e. The normalized spacial score (nSPS) is 22.5. The number of halogens is 1. The molecule has 0 unspecified atom stereocenters. The molecule has 1 aromatic carbocycles. The van der Waals surface area contributed by atoms with E-state index in [1.807, 2.05) is 4.90 Å². The largest absolute Gasteiger partial charge is 0.343 e. The van der Waals surface area contributed by atoms with Crippen LogP contribution < -0.4 is 5.32 Å². The molecule has 1 N–H and O–H groups in total. The summed E-state index contributed by atoms with van der Waals surface area (Å²) in [6.07, 6.45) is 2.92. The molecule has 3 heterocycles. The highest BCUT2D eigenvalue weighted by Gasteiger charge is 2.31. The van der Waals surface area contributed by atoms with E-state index in [0.29, 0.717) is 47.5 Å². The molecule has 2 atom stereocenters. The van der Waals surface area contributed by atoms with Gasteiger partial charge in [0.25, 0.3) is 0 Å². The summed E-state index contributed by atoms with van der Waals surface area (Å²) in [6, 6.07) is 4.85. The van der Waals surface area contributed by atoms with Gasteiger partial charge in [-0.25, -0.2) is 4.39 Å². The Kier molecular flexibility index (Phi) is 5.20. The second-order valence-corrected chi connectivity index (χ2v) is 7.61. The molecule has 0 saturated carbocycles. The van der Waals surface area contributed by atoms with Crippen molar-refractivity contribution in [2.75, 3.05) is 26.2 Å². The summed E-state index contributed by atoms with van der Waals surface area (Å²) in [5.74, 6) is 2.02. The highest BCUT2D eigenvalue weighted by molar-refractivity contribution is 5.76. The number of aromatic nitrogens is 2. The smallest absolute Gasteiger partial charge is 0.227 e. The van der Waals surface area contributed by atoms with Crippen LogP contribution >= 0.6 is 0 Å². The SMILES string of the molecule is Cc1ccc(-c2noc(CCC(=O)N3CC[C@@H]4CNC[C@@H]4CC3)n2)cc1F. The van der Waals surface area contributed by atoms with E-state index in [-0.39, 0.29) is 11.7 Å². The minimum absolute atomic E-state index is 0.143. The Labute approximate surface area is 158 Å². The molecule has 144 valence electrons. The molecular formula is C20H25FN4O2. The van der Waals surface area contributed by atoms with Gasteiger partial charge in [-0.05, 0) is 56.3 Å². The predicted octanol–water partition coefficient (Wildman–Crippen LogP) is 2.57. The summed E-state index contributed by atoms with van der Waals surface area (Å²) in [7, 11) is 0. The third-order valence-electron chi connectivity index (χ3n) is 5.82. The van der Waals surface area contributed by atoms with Crippen LogP contribution in [0.15, 0.2) is 22.7 Å². The van der Waals surface area contributed by atoms with E-state index < -0.39 is 0 Å². The van der Waals surface area contributed by atoms with Gasteiger partial charge in [0.05, 0.1) is 0 Å². The summed E-state index contributed by atoms with van der Waals surface area (Å²) < 4.78 is 19.0. The Hall–Kier alpha value is -2.28. The first-order chi connectivity index (χ1) is 13.1. The van der Waals surface area contributed by atoms with Gasteiger partial charge in [0.2, 0.25) is 17.6 Å². The van der Waals surface area contributed by atoms with E-state index in [4.69, 9.17) is 4.52 Å². The molecule has 4 rings (SSSR count). The first-order valence-corrected chi connectivity index (χ1v) is 9.68. The molecule has 0 spiro atoms. The number of amides is 1. The van der Waals surface area contributed by atoms with Crippen molar-refractivity contribution in [2.24, 2.45) is 11.8 Å². The van der Waals surface area contributed by atoms with Crippen LogP contribution in [0.3, 0.4) is 0 Å². The van der Waals surface area contributed by atoms with Crippen LogP contribution in [-0.4, -0.2) is 47.1 Å². The van der Waals surface area contributed by atoms with E-state index in [0.717, 1.165) is 39.0 Å². The topological polar surface area (TPSA) is 71.3 Å². The average molecular weight is 372 g/mol. The number of nitrogens with one attached hydrogen (secondary N) is 1. The first kappa shape index (κ1) is 18.1. The number of hydrogen-bond donors (Lipinski definition) is 1. The second kappa shape index (κ2) is 7.76. The summed E-state index contributed by atoms with van der Waals surface area (Å²) in [6.45, 7) is 5.53. The highest BCUT2D eigenvalue weighted by Crippen LogP contribution is 2.27. The molecule has 1 aromatic heterocycles. The van der Waals surface area contributed by atoms with E-state index in [9.17, 15) is 9.18 Å². The molecule has 2 saturated heterocycles. The van der Waals surface area contributed by atoms with Crippen LogP contribution in [0.4, 0.5) is 4.39 Å². The van der Waals surface area contributed by atoms with Crippen LogP contribution in [0, 0.1) is 24.6 Å². The lowest BCUT2D eigenvalue weighted by molar-refractivity contribution is -0.131. The zero-order chi connectivity index (χ0) is 18.8. The van der Waals surface area contributed by atoms with Crippen LogP contribution in [0.1, 0.15) is 30.7 Å². The fourth-order valence-corrected chi connectivity index (χ4v) is 4.05. The van der Waals surface area contributed by atoms with Crippen molar-refractivity contribution in [1.82, 2.24) is 20.4 Å². The number of carbonyl (C=O) groups is 1. The first-order valence-electron chi connectivity index (χ1n) is 9.68. The van der Waals surface area contributed by atoms with E-state index in [1.165, 1.54) is 6.07 Å². The van der Waals surface area contributed by atoms with Crippen LogP contribution in [0.5, 0.6) is 0 Å². The molecule has 2 fully saturated rings. The monoisotopic (exact) mass is 372 g/mol. The Bertz CT molecular complexity index is 808. The molecule has 6 nitrogen and oxygen atoms in total. The van der Waals surface area contributed by atoms with Crippen molar-refractivity contribution in [3.8, 4) is 11.4 Å². The Morgan fingerprint density at radius 1 is 1.30 bits per heavy atom. The van der Waals surface area contributed by atoms with Gasteiger partial charge in [0.15, 0.2) is 0 Å². The van der Waals surface area contributed by atoms with Gasteiger partial charge >= 0.3 is 0 Å². The summed E-state index contributed by atoms with van der Waals surface area (Å²) in [4.78, 5) is 18.9. The number of benzene rings is 1. The molecule has 0 radical (unpaired) electrons. The van der Waals surface area contributed by atoms with Crippen molar-refractivity contribution >= 4 is 5.91 Å². The zero-order valence-corrected chi connectivity index (χ0v) is 15.6.